The summed E-state index contributed by atoms with van der Waals surface area (Å²) >= 11 is 0. The van der Waals surface area contributed by atoms with Crippen molar-refractivity contribution in [2.75, 3.05) is 24.2 Å². The van der Waals surface area contributed by atoms with Crippen molar-refractivity contribution in [1.82, 2.24) is 4.90 Å². The summed E-state index contributed by atoms with van der Waals surface area (Å²) in [5.41, 5.74) is 0.0145. The van der Waals surface area contributed by atoms with Crippen LogP contribution < -0.4 is 4.90 Å². The third kappa shape index (κ3) is 3.28. The molecular weight excluding hydrogens is 370 g/mol. The number of fused-ring (bicyclic) bond motifs is 1. The molecule has 2 saturated heterocycles. The molecule has 8 nitrogen and oxygen atoms in total. The summed E-state index contributed by atoms with van der Waals surface area (Å²) < 4.78 is 24.0. The number of rotatable bonds is 4. The smallest absolute Gasteiger partial charge is 0.311 e. The highest BCUT2D eigenvalue weighted by Crippen LogP contribution is 2.42. The molecule has 1 aromatic carbocycles. The van der Waals surface area contributed by atoms with Crippen LogP contribution in [0.15, 0.2) is 23.1 Å². The van der Waals surface area contributed by atoms with E-state index in [1.54, 1.807) is 12.1 Å². The van der Waals surface area contributed by atoms with Crippen molar-refractivity contribution in [3.63, 3.8) is 0 Å². The van der Waals surface area contributed by atoms with Crippen LogP contribution in [-0.2, 0) is 14.6 Å². The Labute approximate surface area is 158 Å². The molecule has 0 radical (unpaired) electrons. The molecule has 1 aromatic rings. The van der Waals surface area contributed by atoms with E-state index in [0.29, 0.717) is 31.2 Å². The Bertz CT molecular complexity index is 896. The average Bonchev–Trinajstić information content (AvgIpc) is 3.44. The number of para-hydroxylation sites is 1. The van der Waals surface area contributed by atoms with E-state index in [1.807, 2.05) is 4.90 Å². The summed E-state index contributed by atoms with van der Waals surface area (Å²) in [7, 11) is -3.70. The first-order valence-corrected chi connectivity index (χ1v) is 11.2. The molecule has 1 aliphatic carbocycles. The lowest BCUT2D eigenvalue weighted by molar-refractivity contribution is -0.387. The minimum absolute atomic E-state index is 0.201. The third-order valence-electron chi connectivity index (χ3n) is 5.91. The van der Waals surface area contributed by atoms with Crippen molar-refractivity contribution in [3.8, 4) is 0 Å². The SMILES string of the molecule is CS(=O)(=O)c1cccc(N2CCC3C(CCC(=O)N3C3CC3)C2)c1[N+](=O)[O-]. The Kier molecular flexibility index (Phi) is 4.37. The van der Waals surface area contributed by atoms with Crippen LogP contribution in [0.3, 0.4) is 0 Å². The number of piperidine rings is 2. The summed E-state index contributed by atoms with van der Waals surface area (Å²) in [6.07, 6.45) is 5.19. The average molecular weight is 393 g/mol. The zero-order chi connectivity index (χ0) is 19.3. The second-order valence-electron chi connectivity index (χ2n) is 7.79. The van der Waals surface area contributed by atoms with Crippen LogP contribution in [0.25, 0.3) is 0 Å². The van der Waals surface area contributed by atoms with Crippen LogP contribution in [0.1, 0.15) is 32.1 Å². The van der Waals surface area contributed by atoms with Gasteiger partial charge in [0, 0.05) is 37.8 Å². The molecule has 0 bridgehead atoms. The largest absolute Gasteiger partial charge is 0.366 e. The quantitative estimate of drug-likeness (QED) is 0.573. The molecule has 4 rings (SSSR count). The Hall–Kier alpha value is -2.16. The summed E-state index contributed by atoms with van der Waals surface area (Å²) in [5.74, 6) is 0.496. The summed E-state index contributed by atoms with van der Waals surface area (Å²) in [6, 6.07) is 5.05. The van der Waals surface area contributed by atoms with Crippen LogP contribution in [-0.4, -0.2) is 55.6 Å². The van der Waals surface area contributed by atoms with Gasteiger partial charge in [-0.25, -0.2) is 8.42 Å². The Balaban J connectivity index is 1.65. The van der Waals surface area contributed by atoms with Gasteiger partial charge in [0.25, 0.3) is 0 Å². The predicted molar refractivity (Wildman–Crippen MR) is 99.4 cm³/mol. The zero-order valence-electron chi connectivity index (χ0n) is 15.2. The van der Waals surface area contributed by atoms with Gasteiger partial charge in [-0.3, -0.25) is 14.9 Å². The molecule has 1 amide bonds. The molecular formula is C18H23N3O5S. The van der Waals surface area contributed by atoms with E-state index in [1.165, 1.54) is 6.07 Å². The number of sulfone groups is 1. The Morgan fingerprint density at radius 3 is 2.56 bits per heavy atom. The molecule has 3 fully saturated rings. The van der Waals surface area contributed by atoms with Crippen molar-refractivity contribution in [2.45, 2.75) is 49.1 Å². The van der Waals surface area contributed by atoms with Gasteiger partial charge in [0.05, 0.1) is 4.92 Å². The molecule has 2 unspecified atom stereocenters. The van der Waals surface area contributed by atoms with Gasteiger partial charge in [-0.1, -0.05) is 6.07 Å². The second-order valence-corrected chi connectivity index (χ2v) is 9.77. The Morgan fingerprint density at radius 1 is 1.19 bits per heavy atom. The van der Waals surface area contributed by atoms with Crippen molar-refractivity contribution < 1.29 is 18.1 Å². The molecule has 3 aliphatic rings. The predicted octanol–water partition coefficient (Wildman–Crippen LogP) is 1.98. The van der Waals surface area contributed by atoms with E-state index in [2.05, 4.69) is 4.90 Å². The van der Waals surface area contributed by atoms with Gasteiger partial charge in [0.2, 0.25) is 5.91 Å². The number of nitrogens with zero attached hydrogens (tertiary/aromatic N) is 3. The molecule has 146 valence electrons. The van der Waals surface area contributed by atoms with Gasteiger partial charge < -0.3 is 9.80 Å². The van der Waals surface area contributed by atoms with Gasteiger partial charge in [-0.15, -0.1) is 0 Å². The highest BCUT2D eigenvalue weighted by Gasteiger charge is 2.46. The molecule has 0 aromatic heterocycles. The standard InChI is InChI=1S/C18H23N3O5S/c1-27(25,26)16-4-2-3-15(18(16)21(23)24)19-10-9-14-12(11-19)5-8-17(22)20(14)13-6-7-13/h2-4,12-14H,5-11H2,1H3. The van der Waals surface area contributed by atoms with Crippen LogP contribution in [0.2, 0.25) is 0 Å². The number of carbonyl (C=O) groups is 1. The first-order valence-electron chi connectivity index (χ1n) is 9.31. The minimum atomic E-state index is -3.70. The number of nitro groups is 1. The number of anilines is 1. The maximum Gasteiger partial charge on any atom is 0.311 e. The van der Waals surface area contributed by atoms with Crippen LogP contribution in [0.4, 0.5) is 11.4 Å². The van der Waals surface area contributed by atoms with Crippen LogP contribution in [0.5, 0.6) is 0 Å². The number of hydrogen-bond donors (Lipinski definition) is 0. The monoisotopic (exact) mass is 393 g/mol. The molecule has 2 atom stereocenters. The highest BCUT2D eigenvalue weighted by molar-refractivity contribution is 7.90. The van der Waals surface area contributed by atoms with Gasteiger partial charge >= 0.3 is 5.69 Å². The molecule has 0 spiro atoms. The van der Waals surface area contributed by atoms with Gasteiger partial charge in [0.15, 0.2) is 9.84 Å². The molecule has 0 N–H and O–H groups in total. The molecule has 9 heteroatoms. The number of amides is 1. The van der Waals surface area contributed by atoms with Crippen molar-refractivity contribution >= 4 is 27.1 Å². The van der Waals surface area contributed by atoms with Gasteiger partial charge in [0.1, 0.15) is 10.6 Å². The van der Waals surface area contributed by atoms with E-state index in [-0.39, 0.29) is 28.4 Å². The Morgan fingerprint density at radius 2 is 1.93 bits per heavy atom. The van der Waals surface area contributed by atoms with Crippen LogP contribution in [0, 0.1) is 16.0 Å². The fraction of sp³-hybridized carbons (Fsp3) is 0.611. The van der Waals surface area contributed by atoms with Crippen molar-refractivity contribution in [3.05, 3.63) is 28.3 Å². The minimum Gasteiger partial charge on any atom is -0.366 e. The van der Waals surface area contributed by atoms with E-state index < -0.39 is 14.8 Å². The zero-order valence-corrected chi connectivity index (χ0v) is 16.0. The summed E-state index contributed by atoms with van der Waals surface area (Å²) in [6.45, 7) is 1.18. The van der Waals surface area contributed by atoms with E-state index in [4.69, 9.17) is 0 Å². The number of carbonyl (C=O) groups excluding carboxylic acids is 1. The van der Waals surface area contributed by atoms with E-state index >= 15 is 0 Å². The normalized spacial score (nSPS) is 26.0. The first-order chi connectivity index (χ1) is 12.8. The van der Waals surface area contributed by atoms with Crippen molar-refractivity contribution in [1.29, 1.82) is 0 Å². The lowest BCUT2D eigenvalue weighted by atomic mass is 9.83. The number of hydrogen-bond acceptors (Lipinski definition) is 6. The third-order valence-corrected chi connectivity index (χ3v) is 7.04. The number of nitro benzene ring substituents is 1. The topological polar surface area (TPSA) is 101 Å². The van der Waals surface area contributed by atoms with E-state index in [9.17, 15) is 23.3 Å². The maximum atomic E-state index is 12.3. The fourth-order valence-electron chi connectivity index (χ4n) is 4.59. The molecule has 2 heterocycles. The van der Waals surface area contributed by atoms with Crippen LogP contribution >= 0.6 is 0 Å². The van der Waals surface area contributed by atoms with Crippen molar-refractivity contribution in [2.24, 2.45) is 5.92 Å². The molecule has 1 saturated carbocycles. The molecule has 2 aliphatic heterocycles. The lowest BCUT2D eigenvalue weighted by Gasteiger charge is -2.47. The molecule has 27 heavy (non-hydrogen) atoms. The first kappa shape index (κ1) is 18.2. The highest BCUT2D eigenvalue weighted by atomic mass is 32.2. The summed E-state index contributed by atoms with van der Waals surface area (Å²) in [5, 5.41) is 11.7. The van der Waals surface area contributed by atoms with Gasteiger partial charge in [-0.05, 0) is 43.7 Å². The van der Waals surface area contributed by atoms with Gasteiger partial charge in [-0.2, -0.15) is 0 Å². The fourth-order valence-corrected chi connectivity index (χ4v) is 5.44. The number of benzene rings is 1. The van der Waals surface area contributed by atoms with E-state index in [0.717, 1.165) is 31.9 Å². The second kappa shape index (κ2) is 6.47. The summed E-state index contributed by atoms with van der Waals surface area (Å²) in [4.78, 5) is 27.2. The lowest BCUT2D eigenvalue weighted by Crippen LogP contribution is -2.56. The number of likely N-dealkylation sites (tertiary alicyclic amines) is 1. The maximum absolute atomic E-state index is 12.3.